The molecule has 0 fully saturated rings. The van der Waals surface area contributed by atoms with Crippen molar-refractivity contribution < 1.29 is 0 Å². The minimum absolute atomic E-state index is 0.152. The Morgan fingerprint density at radius 1 is 0.267 bits per heavy atom. The van der Waals surface area contributed by atoms with E-state index in [2.05, 4.69) is 206 Å². The summed E-state index contributed by atoms with van der Waals surface area (Å²) in [7, 11) is 0. The van der Waals surface area contributed by atoms with Gasteiger partial charge >= 0.3 is 325 Å². The Morgan fingerprint density at radius 2 is 0.717 bits per heavy atom. The van der Waals surface area contributed by atoms with E-state index in [0.29, 0.717) is 0 Å². The van der Waals surface area contributed by atoms with E-state index in [9.17, 15) is 0 Å². The molecule has 0 spiro atoms. The summed E-state index contributed by atoms with van der Waals surface area (Å²) in [6, 6.07) is 77.3. The van der Waals surface area contributed by atoms with Crippen molar-refractivity contribution in [3.63, 3.8) is 0 Å². The molecule has 0 amide bonds. The van der Waals surface area contributed by atoms with E-state index < -0.39 is 0 Å². The molecule has 0 unspecified atom stereocenters. The normalized spacial score (nSPS) is 12.0. The molecule has 0 aliphatic carbocycles. The van der Waals surface area contributed by atoms with Crippen molar-refractivity contribution in [1.29, 1.82) is 0 Å². The molecule has 13 aromatic rings. The summed E-state index contributed by atoms with van der Waals surface area (Å²) in [5.74, 6) is 0. The van der Waals surface area contributed by atoms with Gasteiger partial charge in [-0.2, -0.15) is 0 Å². The number of thiophene rings is 1. The predicted octanol–water partition coefficient (Wildman–Crippen LogP) is 16.7. The maximum absolute atomic E-state index is 2.50. The van der Waals surface area contributed by atoms with Crippen LogP contribution in [0, 0.1) is 0 Å². The molecule has 13 rings (SSSR count). The van der Waals surface area contributed by atoms with Gasteiger partial charge in [0.2, 0.25) is 0 Å². The monoisotopic (exact) mass is 842 g/mol. The zero-order valence-electron chi connectivity index (χ0n) is 32.4. The van der Waals surface area contributed by atoms with E-state index >= 15 is 0 Å². The molecule has 0 nitrogen and oxygen atoms in total. The molecular formula is C58H34SSe. The van der Waals surface area contributed by atoms with Crippen LogP contribution in [0.1, 0.15) is 0 Å². The molecule has 0 aliphatic heterocycles. The fourth-order valence-electron chi connectivity index (χ4n) is 10.1. The SMILES string of the molecule is c1ccc(-c2c3ccccc3c(-c3cccc4c3[se]c3ccc(-c5c6ccccc6c(-c6ccc7c(c6)sc6ccccc67)c6ccccc56)cc34)c3ccccc23)cc1. The summed E-state index contributed by atoms with van der Waals surface area (Å²) in [5.41, 5.74) is 10.4. The molecule has 2 heteroatoms. The first-order valence-corrected chi connectivity index (χ1v) is 23.1. The first kappa shape index (κ1) is 34.1. The van der Waals surface area contributed by atoms with Gasteiger partial charge in [-0.15, -0.1) is 0 Å². The zero-order valence-corrected chi connectivity index (χ0v) is 35.0. The van der Waals surface area contributed by atoms with E-state index in [1.165, 1.54) is 127 Å². The molecule has 0 radical (unpaired) electrons. The van der Waals surface area contributed by atoms with Crippen LogP contribution in [0.25, 0.3) is 127 Å². The predicted molar refractivity (Wildman–Crippen MR) is 263 cm³/mol. The van der Waals surface area contributed by atoms with Gasteiger partial charge in [-0.05, 0) is 6.07 Å². The van der Waals surface area contributed by atoms with Crippen LogP contribution in [0.4, 0.5) is 0 Å². The molecular weight excluding hydrogens is 808 g/mol. The third-order valence-corrected chi connectivity index (χ3v) is 16.3. The van der Waals surface area contributed by atoms with Gasteiger partial charge in [0.05, 0.1) is 0 Å². The Morgan fingerprint density at radius 3 is 1.32 bits per heavy atom. The van der Waals surface area contributed by atoms with Gasteiger partial charge in [-0.1, -0.05) is 18.2 Å². The molecule has 0 saturated heterocycles. The summed E-state index contributed by atoms with van der Waals surface area (Å²) in [6.07, 6.45) is 0. The molecule has 0 aliphatic rings. The van der Waals surface area contributed by atoms with E-state index in [1.54, 1.807) is 0 Å². The summed E-state index contributed by atoms with van der Waals surface area (Å²) in [6.45, 7) is 0. The van der Waals surface area contributed by atoms with Gasteiger partial charge in [-0.25, -0.2) is 0 Å². The molecule has 0 atom stereocenters. The Kier molecular flexibility index (Phi) is 7.59. The fourth-order valence-corrected chi connectivity index (χ4v) is 13.8. The Bertz CT molecular complexity index is 3770. The van der Waals surface area contributed by atoms with Crippen LogP contribution in [-0.4, -0.2) is 14.5 Å². The number of fused-ring (bicyclic) bond motifs is 10. The molecule has 11 aromatic carbocycles. The zero-order chi connectivity index (χ0) is 39.3. The fraction of sp³-hybridized carbons (Fsp3) is 0. The molecule has 60 heavy (non-hydrogen) atoms. The Labute approximate surface area is 357 Å². The van der Waals surface area contributed by atoms with Crippen molar-refractivity contribution in [3.05, 3.63) is 206 Å². The summed E-state index contributed by atoms with van der Waals surface area (Å²) in [5, 5.41) is 15.8. The summed E-state index contributed by atoms with van der Waals surface area (Å²) < 4.78 is 5.59. The van der Waals surface area contributed by atoms with Crippen molar-refractivity contribution in [2.24, 2.45) is 0 Å². The van der Waals surface area contributed by atoms with Crippen molar-refractivity contribution in [2.75, 3.05) is 0 Å². The van der Waals surface area contributed by atoms with E-state index in [4.69, 9.17) is 0 Å². The number of benzene rings is 11. The van der Waals surface area contributed by atoms with Crippen molar-refractivity contribution in [1.82, 2.24) is 0 Å². The molecule has 0 bridgehead atoms. The van der Waals surface area contributed by atoms with Crippen molar-refractivity contribution in [3.8, 4) is 44.5 Å². The topological polar surface area (TPSA) is 0 Å². The van der Waals surface area contributed by atoms with Gasteiger partial charge in [-0.3, -0.25) is 0 Å². The third-order valence-electron chi connectivity index (χ3n) is 12.6. The van der Waals surface area contributed by atoms with Gasteiger partial charge in [0.1, 0.15) is 0 Å². The quantitative estimate of drug-likeness (QED) is 0.122. The molecule has 278 valence electrons. The Hall–Kier alpha value is -6.80. The van der Waals surface area contributed by atoms with Crippen molar-refractivity contribution >= 4 is 108 Å². The van der Waals surface area contributed by atoms with Crippen LogP contribution in [0.15, 0.2) is 206 Å². The molecule has 2 heterocycles. The van der Waals surface area contributed by atoms with Crippen LogP contribution in [0.5, 0.6) is 0 Å². The first-order valence-electron chi connectivity index (χ1n) is 20.6. The number of hydrogen-bond acceptors (Lipinski definition) is 1. The van der Waals surface area contributed by atoms with E-state index in [-0.39, 0.29) is 14.5 Å². The molecule has 2 aromatic heterocycles. The van der Waals surface area contributed by atoms with Crippen LogP contribution < -0.4 is 0 Å². The van der Waals surface area contributed by atoms with Gasteiger partial charge in [0.25, 0.3) is 0 Å². The van der Waals surface area contributed by atoms with Gasteiger partial charge in [0.15, 0.2) is 0 Å². The van der Waals surface area contributed by atoms with Crippen LogP contribution in [0.2, 0.25) is 0 Å². The second-order valence-electron chi connectivity index (χ2n) is 15.9. The number of hydrogen-bond donors (Lipinski definition) is 0. The van der Waals surface area contributed by atoms with Crippen LogP contribution >= 0.6 is 11.3 Å². The first-order chi connectivity index (χ1) is 29.8. The average molecular weight is 842 g/mol. The van der Waals surface area contributed by atoms with E-state index in [0.717, 1.165) is 0 Å². The molecule has 0 N–H and O–H groups in total. The maximum atomic E-state index is 2.50. The van der Waals surface area contributed by atoms with Crippen molar-refractivity contribution in [2.45, 2.75) is 0 Å². The third kappa shape index (κ3) is 5.03. The van der Waals surface area contributed by atoms with E-state index in [1.807, 2.05) is 11.3 Å². The summed E-state index contributed by atoms with van der Waals surface area (Å²) >= 11 is 2.04. The van der Waals surface area contributed by atoms with Crippen LogP contribution in [-0.2, 0) is 0 Å². The number of rotatable bonds is 4. The average Bonchev–Trinajstić information content (AvgIpc) is 3.88. The standard InChI is InChI=1S/C58H34SSe/c1-2-15-35(16-3-1)54-44-22-8-10-24-46(44)57(47-25-11-9-23-45(47)54)49-27-14-26-48-50-33-36(30-32-53(50)60-58(48)49)55-40-18-4-6-20-42(40)56(43-21-7-5-19-41(43)55)37-29-31-39-38-17-12-13-28-51(38)59-52(39)34-37/h1-34H. The summed E-state index contributed by atoms with van der Waals surface area (Å²) in [4.78, 5) is 0. The Balaban J connectivity index is 1.04. The second-order valence-corrected chi connectivity index (χ2v) is 19.1. The van der Waals surface area contributed by atoms with Crippen LogP contribution in [0.3, 0.4) is 0 Å². The minimum atomic E-state index is 0.152. The van der Waals surface area contributed by atoms with Gasteiger partial charge in [0, 0.05) is 10.1 Å². The van der Waals surface area contributed by atoms with Gasteiger partial charge < -0.3 is 0 Å². The second kappa shape index (κ2) is 13.4. The molecule has 0 saturated carbocycles.